The second kappa shape index (κ2) is 7.22. The van der Waals surface area contributed by atoms with E-state index < -0.39 is 11.9 Å². The van der Waals surface area contributed by atoms with E-state index in [1.54, 1.807) is 0 Å². The summed E-state index contributed by atoms with van der Waals surface area (Å²) in [5.41, 5.74) is 2.09. The molecular formula is C16H14BrIO2. The van der Waals surface area contributed by atoms with Crippen LogP contribution in [0.25, 0.3) is 0 Å². The molecule has 1 unspecified atom stereocenters. The molecule has 2 aromatic carbocycles. The highest BCUT2D eigenvalue weighted by molar-refractivity contribution is 14.1. The van der Waals surface area contributed by atoms with Crippen molar-refractivity contribution in [3.8, 4) is 0 Å². The van der Waals surface area contributed by atoms with E-state index in [1.165, 1.54) is 0 Å². The highest BCUT2D eigenvalue weighted by Gasteiger charge is 2.19. The summed E-state index contributed by atoms with van der Waals surface area (Å²) in [5.74, 6) is -1.16. The number of rotatable bonds is 5. The lowest BCUT2D eigenvalue weighted by Gasteiger charge is -2.13. The maximum atomic E-state index is 11.5. The van der Waals surface area contributed by atoms with Crippen LogP contribution in [0.3, 0.4) is 0 Å². The number of halogens is 2. The summed E-state index contributed by atoms with van der Waals surface area (Å²) in [5, 5.41) is 9.42. The molecule has 0 aromatic heterocycles. The van der Waals surface area contributed by atoms with Crippen LogP contribution in [0.5, 0.6) is 0 Å². The average Bonchev–Trinajstić information content (AvgIpc) is 2.42. The number of aliphatic carboxylic acids is 1. The molecule has 4 heteroatoms. The van der Waals surface area contributed by atoms with Gasteiger partial charge in [0.1, 0.15) is 0 Å². The van der Waals surface area contributed by atoms with Gasteiger partial charge in [-0.2, -0.15) is 0 Å². The molecule has 1 atom stereocenters. The minimum absolute atomic E-state index is 0.409. The fraction of sp³-hybridized carbons (Fsp3) is 0.188. The van der Waals surface area contributed by atoms with Crippen molar-refractivity contribution < 1.29 is 9.90 Å². The lowest BCUT2D eigenvalue weighted by atomic mass is 9.93. The monoisotopic (exact) mass is 444 g/mol. The van der Waals surface area contributed by atoms with Gasteiger partial charge in [0, 0.05) is 8.04 Å². The largest absolute Gasteiger partial charge is 0.481 e. The first-order chi connectivity index (χ1) is 9.56. The van der Waals surface area contributed by atoms with Crippen LogP contribution in [-0.2, 0) is 17.6 Å². The number of hydrogen-bond acceptors (Lipinski definition) is 1. The first-order valence-electron chi connectivity index (χ1n) is 6.27. The zero-order valence-electron chi connectivity index (χ0n) is 10.7. The number of carboxylic acid groups (broad SMARTS) is 1. The summed E-state index contributed by atoms with van der Waals surface area (Å²) in [6, 6.07) is 15.8. The number of benzene rings is 2. The van der Waals surface area contributed by atoms with E-state index in [0.29, 0.717) is 12.8 Å². The van der Waals surface area contributed by atoms with E-state index in [2.05, 4.69) is 38.5 Å². The standard InChI is InChI=1S/C16H14BrIO2/c17-15-4-2-1-3-12(15)10-13(16(19)20)9-11-5-7-14(18)8-6-11/h1-8,13H,9-10H2,(H,19,20). The van der Waals surface area contributed by atoms with Crippen molar-refractivity contribution in [1.82, 2.24) is 0 Å². The molecule has 2 rings (SSSR count). The van der Waals surface area contributed by atoms with Crippen LogP contribution < -0.4 is 0 Å². The van der Waals surface area contributed by atoms with Gasteiger partial charge in [0.25, 0.3) is 0 Å². The zero-order chi connectivity index (χ0) is 14.5. The van der Waals surface area contributed by atoms with E-state index >= 15 is 0 Å². The minimum Gasteiger partial charge on any atom is -0.481 e. The third kappa shape index (κ3) is 4.31. The van der Waals surface area contributed by atoms with Crippen LogP contribution in [0.1, 0.15) is 11.1 Å². The molecular weight excluding hydrogens is 431 g/mol. The van der Waals surface area contributed by atoms with Crippen molar-refractivity contribution in [2.24, 2.45) is 5.92 Å². The van der Waals surface area contributed by atoms with Crippen LogP contribution in [0.15, 0.2) is 53.0 Å². The molecule has 0 saturated heterocycles. The average molecular weight is 445 g/mol. The molecule has 0 amide bonds. The SMILES string of the molecule is O=C(O)C(Cc1ccc(I)cc1)Cc1ccccc1Br. The lowest BCUT2D eigenvalue weighted by Crippen LogP contribution is -2.19. The molecule has 0 heterocycles. The Bertz CT molecular complexity index is 596. The van der Waals surface area contributed by atoms with Gasteiger partial charge in [-0.15, -0.1) is 0 Å². The molecule has 0 fully saturated rings. The number of carboxylic acids is 1. The lowest BCUT2D eigenvalue weighted by molar-refractivity contribution is -0.141. The van der Waals surface area contributed by atoms with Crippen LogP contribution in [0.4, 0.5) is 0 Å². The van der Waals surface area contributed by atoms with Crippen molar-refractivity contribution in [3.05, 3.63) is 67.7 Å². The second-order valence-corrected chi connectivity index (χ2v) is 6.76. The fourth-order valence-electron chi connectivity index (χ4n) is 2.08. The van der Waals surface area contributed by atoms with Gasteiger partial charge in [0.05, 0.1) is 5.92 Å². The van der Waals surface area contributed by atoms with Crippen molar-refractivity contribution in [2.75, 3.05) is 0 Å². The highest BCUT2D eigenvalue weighted by Crippen LogP contribution is 2.22. The smallest absolute Gasteiger partial charge is 0.307 e. The van der Waals surface area contributed by atoms with Gasteiger partial charge in [-0.05, 0) is 64.8 Å². The molecule has 0 radical (unpaired) electrons. The Hall–Kier alpha value is -0.880. The summed E-state index contributed by atoms with van der Waals surface area (Å²) in [6.07, 6.45) is 1.08. The summed E-state index contributed by atoms with van der Waals surface area (Å²) in [6.45, 7) is 0. The van der Waals surface area contributed by atoms with E-state index in [4.69, 9.17) is 0 Å². The molecule has 104 valence electrons. The first-order valence-corrected chi connectivity index (χ1v) is 8.14. The van der Waals surface area contributed by atoms with Gasteiger partial charge in [0.15, 0.2) is 0 Å². The van der Waals surface area contributed by atoms with Crippen molar-refractivity contribution in [3.63, 3.8) is 0 Å². The maximum absolute atomic E-state index is 11.5. The van der Waals surface area contributed by atoms with Crippen LogP contribution in [-0.4, -0.2) is 11.1 Å². The van der Waals surface area contributed by atoms with Gasteiger partial charge in [-0.25, -0.2) is 0 Å². The van der Waals surface area contributed by atoms with Crippen molar-refractivity contribution in [2.45, 2.75) is 12.8 Å². The van der Waals surface area contributed by atoms with Crippen LogP contribution in [0.2, 0.25) is 0 Å². The molecule has 20 heavy (non-hydrogen) atoms. The van der Waals surface area contributed by atoms with E-state index in [1.807, 2.05) is 48.5 Å². The Kier molecular flexibility index (Phi) is 5.60. The van der Waals surface area contributed by atoms with Gasteiger partial charge in [-0.3, -0.25) is 4.79 Å². The van der Waals surface area contributed by atoms with Crippen LogP contribution >= 0.6 is 38.5 Å². The predicted molar refractivity (Wildman–Crippen MR) is 91.8 cm³/mol. The molecule has 0 aliphatic carbocycles. The molecule has 0 spiro atoms. The third-order valence-corrected chi connectivity index (χ3v) is 4.66. The van der Waals surface area contributed by atoms with Crippen molar-refractivity contribution >= 4 is 44.5 Å². The third-order valence-electron chi connectivity index (χ3n) is 3.17. The number of carbonyl (C=O) groups is 1. The summed E-state index contributed by atoms with van der Waals surface area (Å²) >= 11 is 5.72. The van der Waals surface area contributed by atoms with Gasteiger partial charge >= 0.3 is 5.97 Å². The molecule has 0 saturated carbocycles. The summed E-state index contributed by atoms with van der Waals surface area (Å²) in [4.78, 5) is 11.5. The van der Waals surface area contributed by atoms with E-state index in [-0.39, 0.29) is 0 Å². The van der Waals surface area contributed by atoms with Crippen LogP contribution in [0, 0.1) is 9.49 Å². The number of hydrogen-bond donors (Lipinski definition) is 1. The normalized spacial score (nSPS) is 12.1. The van der Waals surface area contributed by atoms with E-state index in [0.717, 1.165) is 19.2 Å². The molecule has 0 aliphatic heterocycles. The summed E-state index contributed by atoms with van der Waals surface area (Å²) in [7, 11) is 0. The molecule has 1 N–H and O–H groups in total. The Morgan fingerprint density at radius 2 is 1.75 bits per heavy atom. The molecule has 2 nitrogen and oxygen atoms in total. The fourth-order valence-corrected chi connectivity index (χ4v) is 2.89. The second-order valence-electron chi connectivity index (χ2n) is 4.66. The van der Waals surface area contributed by atoms with Gasteiger partial charge in [0.2, 0.25) is 0 Å². The maximum Gasteiger partial charge on any atom is 0.307 e. The molecule has 2 aromatic rings. The quantitative estimate of drug-likeness (QED) is 0.687. The first kappa shape index (κ1) is 15.5. The summed E-state index contributed by atoms with van der Waals surface area (Å²) < 4.78 is 2.12. The topological polar surface area (TPSA) is 37.3 Å². The van der Waals surface area contributed by atoms with Gasteiger partial charge < -0.3 is 5.11 Å². The minimum atomic E-state index is -0.751. The zero-order valence-corrected chi connectivity index (χ0v) is 14.5. The van der Waals surface area contributed by atoms with Crippen molar-refractivity contribution in [1.29, 1.82) is 0 Å². The Labute approximate surface area is 140 Å². The van der Waals surface area contributed by atoms with E-state index in [9.17, 15) is 9.90 Å². The predicted octanol–water partition coefficient (Wildman–Crippen LogP) is 4.54. The molecule has 0 aliphatic rings. The Morgan fingerprint density at radius 1 is 1.10 bits per heavy atom. The Morgan fingerprint density at radius 3 is 2.35 bits per heavy atom. The highest BCUT2D eigenvalue weighted by atomic mass is 127. The Balaban J connectivity index is 2.14. The molecule has 0 bridgehead atoms. The van der Waals surface area contributed by atoms with Gasteiger partial charge in [-0.1, -0.05) is 46.3 Å².